The summed E-state index contributed by atoms with van der Waals surface area (Å²) in [5.41, 5.74) is -0.642. The van der Waals surface area contributed by atoms with Gasteiger partial charge < -0.3 is 15.2 Å². The summed E-state index contributed by atoms with van der Waals surface area (Å²) in [6.07, 6.45) is 0. The molecule has 124 valence electrons. The lowest BCUT2D eigenvalue weighted by molar-refractivity contribution is -0.125. The molecular weight excluding hydrogens is 330 g/mol. The van der Waals surface area contributed by atoms with Gasteiger partial charge in [0.05, 0.1) is 28.5 Å². The molecule has 0 fully saturated rings. The van der Waals surface area contributed by atoms with Crippen LogP contribution in [0.2, 0.25) is 0 Å². The highest BCUT2D eigenvalue weighted by molar-refractivity contribution is 8.03. The molecule has 24 heavy (non-hydrogen) atoms. The number of carbonyl (C=O) groups is 2. The summed E-state index contributed by atoms with van der Waals surface area (Å²) in [5, 5.41) is 27.6. The van der Waals surface area contributed by atoms with E-state index in [9.17, 15) is 14.9 Å². The summed E-state index contributed by atoms with van der Waals surface area (Å²) in [6, 6.07) is 5.54. The molecular formula is C15H15N5O3S. The first kappa shape index (κ1) is 17.6. The first-order valence-corrected chi connectivity index (χ1v) is 7.99. The van der Waals surface area contributed by atoms with E-state index in [1.165, 1.54) is 0 Å². The maximum absolute atomic E-state index is 12.0. The van der Waals surface area contributed by atoms with Gasteiger partial charge in [0.25, 0.3) is 0 Å². The number of aryl methyl sites for hydroxylation is 1. The van der Waals surface area contributed by atoms with Crippen LogP contribution in [0.1, 0.15) is 19.6 Å². The molecule has 0 spiro atoms. The molecule has 2 amide bonds. The van der Waals surface area contributed by atoms with Gasteiger partial charge in [0, 0.05) is 11.5 Å². The number of hydrogen-bond acceptors (Lipinski definition) is 7. The van der Waals surface area contributed by atoms with E-state index in [-0.39, 0.29) is 17.2 Å². The predicted octanol–water partition coefficient (Wildman–Crippen LogP) is 1.69. The maximum atomic E-state index is 12.0. The fourth-order valence-corrected chi connectivity index (χ4v) is 3.25. The molecule has 0 bridgehead atoms. The molecule has 2 rings (SSSR count). The molecule has 1 aliphatic rings. The third-order valence-electron chi connectivity index (χ3n) is 3.58. The molecule has 0 saturated heterocycles. The molecule has 0 unspecified atom stereocenters. The Morgan fingerprint density at radius 1 is 1.54 bits per heavy atom. The first-order chi connectivity index (χ1) is 11.3. The van der Waals surface area contributed by atoms with Crippen molar-refractivity contribution in [3.8, 4) is 12.1 Å². The molecule has 2 N–H and O–H groups in total. The molecule has 0 radical (unpaired) electrons. The third-order valence-corrected chi connectivity index (χ3v) is 4.58. The zero-order valence-electron chi connectivity index (χ0n) is 13.3. The SMILES string of the molecule is Cc1cc(NC(=O)CSC2=C(C#N)C(C)(C)[C@@H](C#N)C(=O)N2)no1. The number of nitrogens with one attached hydrogen (secondary N) is 2. The molecule has 9 heteroatoms. The minimum absolute atomic E-state index is 0.0278. The van der Waals surface area contributed by atoms with Crippen LogP contribution in [0.4, 0.5) is 5.82 Å². The van der Waals surface area contributed by atoms with Crippen molar-refractivity contribution in [1.29, 1.82) is 10.5 Å². The van der Waals surface area contributed by atoms with Crippen LogP contribution in [0.3, 0.4) is 0 Å². The Kier molecular flexibility index (Phi) is 4.96. The molecule has 8 nitrogen and oxygen atoms in total. The van der Waals surface area contributed by atoms with Gasteiger partial charge in [-0.05, 0) is 6.92 Å². The highest BCUT2D eigenvalue weighted by Gasteiger charge is 2.44. The average molecular weight is 345 g/mol. The van der Waals surface area contributed by atoms with E-state index < -0.39 is 17.2 Å². The van der Waals surface area contributed by atoms with Crippen molar-refractivity contribution in [3.05, 3.63) is 22.4 Å². The minimum Gasteiger partial charge on any atom is -0.360 e. The van der Waals surface area contributed by atoms with Gasteiger partial charge in [0.1, 0.15) is 11.7 Å². The predicted molar refractivity (Wildman–Crippen MR) is 86.0 cm³/mol. The van der Waals surface area contributed by atoms with Crippen molar-refractivity contribution in [2.45, 2.75) is 20.8 Å². The highest BCUT2D eigenvalue weighted by atomic mass is 32.2. The van der Waals surface area contributed by atoms with E-state index >= 15 is 0 Å². The largest absolute Gasteiger partial charge is 0.360 e. The zero-order valence-corrected chi connectivity index (χ0v) is 14.2. The fraction of sp³-hybridized carbons (Fsp3) is 0.400. The lowest BCUT2D eigenvalue weighted by Crippen LogP contribution is -2.44. The fourth-order valence-electron chi connectivity index (χ4n) is 2.28. The molecule has 2 heterocycles. The summed E-state index contributed by atoms with van der Waals surface area (Å²) in [4.78, 5) is 24.0. The van der Waals surface area contributed by atoms with E-state index in [0.29, 0.717) is 16.6 Å². The standard InChI is InChI=1S/C15H15N5O3S/c1-8-4-11(20-23-8)18-12(21)7-24-14-10(6-17)15(2,3)9(5-16)13(22)19-14/h4,9H,7H2,1-3H3,(H,19,22)(H,18,20,21)/t9-/m0/s1. The van der Waals surface area contributed by atoms with E-state index in [0.717, 1.165) is 11.8 Å². The Hall–Kier alpha value is -2.78. The van der Waals surface area contributed by atoms with Gasteiger partial charge in [-0.1, -0.05) is 30.8 Å². The number of hydrogen-bond donors (Lipinski definition) is 2. The Balaban J connectivity index is 2.11. The van der Waals surface area contributed by atoms with E-state index in [1.54, 1.807) is 26.8 Å². The number of rotatable bonds is 4. The Labute approximate surface area is 142 Å². The number of allylic oxidation sites excluding steroid dienone is 1. The lowest BCUT2D eigenvalue weighted by Gasteiger charge is -2.34. The van der Waals surface area contributed by atoms with Crippen molar-refractivity contribution in [1.82, 2.24) is 10.5 Å². The molecule has 1 aromatic rings. The Morgan fingerprint density at radius 3 is 2.79 bits per heavy atom. The summed E-state index contributed by atoms with van der Waals surface area (Å²) in [6.45, 7) is 5.03. The summed E-state index contributed by atoms with van der Waals surface area (Å²) in [5.74, 6) is -0.950. The van der Waals surface area contributed by atoms with Crippen LogP contribution < -0.4 is 10.6 Å². The Bertz CT molecular complexity index is 797. The smallest absolute Gasteiger partial charge is 0.243 e. The summed E-state index contributed by atoms with van der Waals surface area (Å²) >= 11 is 1.03. The van der Waals surface area contributed by atoms with Gasteiger partial charge in [-0.15, -0.1) is 0 Å². The normalized spacial score (nSPS) is 19.2. The summed E-state index contributed by atoms with van der Waals surface area (Å²) < 4.78 is 4.85. The number of aromatic nitrogens is 1. The topological polar surface area (TPSA) is 132 Å². The van der Waals surface area contributed by atoms with Crippen LogP contribution in [0.5, 0.6) is 0 Å². The quantitative estimate of drug-likeness (QED) is 0.848. The van der Waals surface area contributed by atoms with E-state index in [4.69, 9.17) is 9.78 Å². The van der Waals surface area contributed by atoms with Crippen molar-refractivity contribution in [2.75, 3.05) is 11.1 Å². The second kappa shape index (κ2) is 6.77. The molecule has 0 aromatic carbocycles. The highest BCUT2D eigenvalue weighted by Crippen LogP contribution is 2.41. The molecule has 1 aliphatic heterocycles. The van der Waals surface area contributed by atoms with Gasteiger partial charge in [0.2, 0.25) is 11.8 Å². The maximum Gasteiger partial charge on any atom is 0.243 e. The molecule has 0 aliphatic carbocycles. The van der Waals surface area contributed by atoms with Crippen LogP contribution in [-0.2, 0) is 9.59 Å². The zero-order chi connectivity index (χ0) is 17.9. The van der Waals surface area contributed by atoms with Crippen molar-refractivity contribution >= 4 is 29.4 Å². The van der Waals surface area contributed by atoms with Crippen molar-refractivity contribution in [3.63, 3.8) is 0 Å². The van der Waals surface area contributed by atoms with Crippen LogP contribution in [0.15, 0.2) is 21.2 Å². The van der Waals surface area contributed by atoms with E-state index in [2.05, 4.69) is 15.8 Å². The number of amides is 2. The van der Waals surface area contributed by atoms with Crippen LogP contribution >= 0.6 is 11.8 Å². The number of thioether (sulfide) groups is 1. The van der Waals surface area contributed by atoms with Crippen molar-refractivity contribution < 1.29 is 14.1 Å². The van der Waals surface area contributed by atoms with Gasteiger partial charge >= 0.3 is 0 Å². The number of nitriles is 2. The second-order valence-electron chi connectivity index (χ2n) is 5.75. The lowest BCUT2D eigenvalue weighted by atomic mass is 9.72. The van der Waals surface area contributed by atoms with Gasteiger partial charge in [-0.2, -0.15) is 10.5 Å². The minimum atomic E-state index is -0.955. The molecule has 1 aromatic heterocycles. The van der Waals surface area contributed by atoms with Crippen LogP contribution in [-0.4, -0.2) is 22.7 Å². The summed E-state index contributed by atoms with van der Waals surface area (Å²) in [7, 11) is 0. The second-order valence-corrected chi connectivity index (χ2v) is 6.73. The van der Waals surface area contributed by atoms with Gasteiger partial charge in [-0.3, -0.25) is 9.59 Å². The van der Waals surface area contributed by atoms with E-state index in [1.807, 2.05) is 12.1 Å². The monoisotopic (exact) mass is 345 g/mol. The number of carbonyl (C=O) groups excluding carboxylic acids is 2. The average Bonchev–Trinajstić information content (AvgIpc) is 2.89. The number of nitrogens with zero attached hydrogens (tertiary/aromatic N) is 3. The van der Waals surface area contributed by atoms with Crippen LogP contribution in [0.25, 0.3) is 0 Å². The van der Waals surface area contributed by atoms with Crippen molar-refractivity contribution in [2.24, 2.45) is 11.3 Å². The molecule has 0 saturated carbocycles. The molecule has 1 atom stereocenters. The van der Waals surface area contributed by atoms with Gasteiger partial charge in [-0.25, -0.2) is 0 Å². The van der Waals surface area contributed by atoms with Crippen LogP contribution in [0, 0.1) is 40.9 Å². The Morgan fingerprint density at radius 2 is 2.25 bits per heavy atom. The van der Waals surface area contributed by atoms with Gasteiger partial charge in [0.15, 0.2) is 5.82 Å². The first-order valence-electron chi connectivity index (χ1n) is 7.01. The number of anilines is 1. The third kappa shape index (κ3) is 3.42.